The van der Waals surface area contributed by atoms with Gasteiger partial charge in [-0.1, -0.05) is 19.0 Å². The number of nitrogens with two attached hydrogens (primary N) is 1. The minimum Gasteiger partial charge on any atom is -0.409 e. The minimum atomic E-state index is 0.321. The van der Waals surface area contributed by atoms with Crippen LogP contribution in [0.5, 0.6) is 0 Å². The van der Waals surface area contributed by atoms with Crippen LogP contribution in [0.25, 0.3) is 0 Å². The quantitative estimate of drug-likeness (QED) is 0.275. The summed E-state index contributed by atoms with van der Waals surface area (Å²) in [7, 11) is 4.17. The number of amidine groups is 1. The maximum atomic E-state index is 8.46. The van der Waals surface area contributed by atoms with Gasteiger partial charge in [-0.15, -0.1) is 0 Å². The van der Waals surface area contributed by atoms with Crippen LogP contribution in [0.15, 0.2) is 5.16 Å². The smallest absolute Gasteiger partial charge is 0.139 e. The van der Waals surface area contributed by atoms with Crippen LogP contribution >= 0.6 is 0 Å². The summed E-state index contributed by atoms with van der Waals surface area (Å²) < 4.78 is 0. The zero-order chi connectivity index (χ0) is 13.3. The van der Waals surface area contributed by atoms with Gasteiger partial charge in [0.1, 0.15) is 5.84 Å². The number of nitrogens with zero attached hydrogens (tertiary/aromatic N) is 3. The minimum absolute atomic E-state index is 0.321. The molecule has 0 aromatic heterocycles. The lowest BCUT2D eigenvalue weighted by Crippen LogP contribution is -2.35. The number of likely N-dealkylation sites (N-methyl/N-ethyl adjacent to an activating group) is 1. The van der Waals surface area contributed by atoms with E-state index in [2.05, 4.69) is 42.9 Å². The molecule has 102 valence electrons. The van der Waals surface area contributed by atoms with Crippen LogP contribution in [0.4, 0.5) is 0 Å². The fourth-order valence-electron chi connectivity index (χ4n) is 1.69. The zero-order valence-corrected chi connectivity index (χ0v) is 11.7. The van der Waals surface area contributed by atoms with E-state index in [1.165, 1.54) is 0 Å². The summed E-state index contributed by atoms with van der Waals surface area (Å²) in [5.74, 6) is 0.989. The molecule has 5 heteroatoms. The van der Waals surface area contributed by atoms with Gasteiger partial charge in [-0.25, -0.2) is 0 Å². The lowest BCUT2D eigenvalue weighted by Gasteiger charge is -2.25. The van der Waals surface area contributed by atoms with Crippen LogP contribution < -0.4 is 5.73 Å². The van der Waals surface area contributed by atoms with Gasteiger partial charge in [0.2, 0.25) is 0 Å². The van der Waals surface area contributed by atoms with Crippen molar-refractivity contribution in [3.63, 3.8) is 0 Å². The van der Waals surface area contributed by atoms with E-state index in [9.17, 15) is 0 Å². The largest absolute Gasteiger partial charge is 0.409 e. The SMILES string of the molecule is CC(C)CN(CCC/C(N)=N/O)CCN(C)C. The standard InChI is InChI=1S/C12H28N4O/c1-11(2)10-16(9-8-15(3)4)7-5-6-12(13)14-17/h11,17H,5-10H2,1-4H3,(H2,13,14). The average Bonchev–Trinajstić information content (AvgIpc) is 2.24. The zero-order valence-electron chi connectivity index (χ0n) is 11.7. The van der Waals surface area contributed by atoms with E-state index in [-0.39, 0.29) is 0 Å². The molecule has 0 radical (unpaired) electrons. The molecule has 0 unspecified atom stereocenters. The van der Waals surface area contributed by atoms with Gasteiger partial charge in [0, 0.05) is 26.1 Å². The molecule has 0 atom stereocenters. The summed E-state index contributed by atoms with van der Waals surface area (Å²) in [5, 5.41) is 11.5. The Kier molecular flexibility index (Phi) is 8.80. The lowest BCUT2D eigenvalue weighted by atomic mass is 10.2. The van der Waals surface area contributed by atoms with Crippen LogP contribution in [-0.4, -0.2) is 61.1 Å². The van der Waals surface area contributed by atoms with Gasteiger partial charge in [-0.2, -0.15) is 0 Å². The highest BCUT2D eigenvalue weighted by Crippen LogP contribution is 2.01. The summed E-state index contributed by atoms with van der Waals surface area (Å²) in [5.41, 5.74) is 5.46. The average molecular weight is 244 g/mol. The predicted molar refractivity (Wildman–Crippen MR) is 72.5 cm³/mol. The number of hydrogen-bond donors (Lipinski definition) is 2. The molecule has 0 heterocycles. The first-order valence-corrected chi connectivity index (χ1v) is 6.29. The van der Waals surface area contributed by atoms with Crippen LogP contribution in [0.3, 0.4) is 0 Å². The number of hydrogen-bond acceptors (Lipinski definition) is 4. The molecule has 0 saturated heterocycles. The molecular weight excluding hydrogens is 216 g/mol. The van der Waals surface area contributed by atoms with Crippen molar-refractivity contribution in [3.8, 4) is 0 Å². The Hall–Kier alpha value is -0.810. The Morgan fingerprint density at radius 1 is 1.24 bits per heavy atom. The van der Waals surface area contributed by atoms with Gasteiger partial charge in [0.05, 0.1) is 0 Å². The van der Waals surface area contributed by atoms with E-state index >= 15 is 0 Å². The van der Waals surface area contributed by atoms with Crippen molar-refractivity contribution >= 4 is 5.84 Å². The third-order valence-electron chi connectivity index (χ3n) is 2.52. The van der Waals surface area contributed by atoms with Gasteiger partial charge in [0.25, 0.3) is 0 Å². The molecular formula is C12H28N4O. The van der Waals surface area contributed by atoms with E-state index in [4.69, 9.17) is 10.9 Å². The molecule has 0 saturated carbocycles. The van der Waals surface area contributed by atoms with Crippen LogP contribution in [-0.2, 0) is 0 Å². The summed E-state index contributed by atoms with van der Waals surface area (Å²) >= 11 is 0. The van der Waals surface area contributed by atoms with Crippen molar-refractivity contribution in [1.29, 1.82) is 0 Å². The molecule has 0 aromatic rings. The van der Waals surface area contributed by atoms with Gasteiger partial charge in [-0.3, -0.25) is 0 Å². The van der Waals surface area contributed by atoms with Gasteiger partial charge in [-0.05, 0) is 33.0 Å². The van der Waals surface area contributed by atoms with E-state index in [0.717, 1.165) is 32.6 Å². The van der Waals surface area contributed by atoms with E-state index < -0.39 is 0 Å². The Morgan fingerprint density at radius 2 is 1.88 bits per heavy atom. The second-order valence-electron chi connectivity index (χ2n) is 5.19. The lowest BCUT2D eigenvalue weighted by molar-refractivity contribution is 0.217. The van der Waals surface area contributed by atoms with Crippen molar-refractivity contribution in [1.82, 2.24) is 9.80 Å². The summed E-state index contributed by atoms with van der Waals surface area (Å²) in [6.07, 6.45) is 1.60. The van der Waals surface area contributed by atoms with E-state index in [1.54, 1.807) is 0 Å². The molecule has 17 heavy (non-hydrogen) atoms. The Morgan fingerprint density at radius 3 is 2.35 bits per heavy atom. The summed E-state index contributed by atoms with van der Waals surface area (Å²) in [4.78, 5) is 4.63. The Balaban J connectivity index is 3.92. The van der Waals surface area contributed by atoms with Crippen LogP contribution in [0.1, 0.15) is 26.7 Å². The summed E-state index contributed by atoms with van der Waals surface area (Å²) in [6, 6.07) is 0. The summed E-state index contributed by atoms with van der Waals surface area (Å²) in [6.45, 7) is 8.70. The predicted octanol–water partition coefficient (Wildman–Crippen LogP) is 1.03. The van der Waals surface area contributed by atoms with Crippen molar-refractivity contribution in [2.45, 2.75) is 26.7 Å². The van der Waals surface area contributed by atoms with Crippen molar-refractivity contribution in [2.24, 2.45) is 16.8 Å². The first-order chi connectivity index (χ1) is 7.95. The first-order valence-electron chi connectivity index (χ1n) is 6.29. The molecule has 0 aliphatic heterocycles. The maximum absolute atomic E-state index is 8.46. The van der Waals surface area contributed by atoms with E-state index in [0.29, 0.717) is 18.2 Å². The van der Waals surface area contributed by atoms with Gasteiger partial charge >= 0.3 is 0 Å². The molecule has 0 spiro atoms. The van der Waals surface area contributed by atoms with Crippen molar-refractivity contribution < 1.29 is 5.21 Å². The molecule has 0 amide bonds. The first kappa shape index (κ1) is 16.2. The maximum Gasteiger partial charge on any atom is 0.139 e. The third-order valence-corrected chi connectivity index (χ3v) is 2.52. The van der Waals surface area contributed by atoms with Crippen LogP contribution in [0.2, 0.25) is 0 Å². The number of oxime groups is 1. The van der Waals surface area contributed by atoms with Crippen molar-refractivity contribution in [3.05, 3.63) is 0 Å². The fourth-order valence-corrected chi connectivity index (χ4v) is 1.69. The second kappa shape index (κ2) is 9.24. The monoisotopic (exact) mass is 244 g/mol. The highest BCUT2D eigenvalue weighted by atomic mass is 16.4. The Labute approximate surface area is 105 Å². The highest BCUT2D eigenvalue weighted by molar-refractivity contribution is 5.79. The normalized spacial score (nSPS) is 13.0. The molecule has 5 nitrogen and oxygen atoms in total. The fraction of sp³-hybridized carbons (Fsp3) is 0.917. The highest BCUT2D eigenvalue weighted by Gasteiger charge is 2.07. The molecule has 0 aliphatic carbocycles. The molecule has 0 bridgehead atoms. The van der Waals surface area contributed by atoms with Gasteiger partial charge < -0.3 is 20.7 Å². The molecule has 0 fully saturated rings. The molecule has 0 aliphatic rings. The van der Waals surface area contributed by atoms with Gasteiger partial charge in [0.15, 0.2) is 0 Å². The van der Waals surface area contributed by atoms with Crippen LogP contribution in [0, 0.1) is 5.92 Å². The molecule has 3 N–H and O–H groups in total. The topological polar surface area (TPSA) is 65.1 Å². The molecule has 0 aromatic carbocycles. The Bertz CT molecular complexity index is 217. The third kappa shape index (κ3) is 10.1. The molecule has 0 rings (SSSR count). The van der Waals surface area contributed by atoms with Crippen molar-refractivity contribution in [2.75, 3.05) is 40.3 Å². The number of rotatable bonds is 9. The second-order valence-corrected chi connectivity index (χ2v) is 5.19. The van der Waals surface area contributed by atoms with E-state index in [1.807, 2.05) is 0 Å².